The first-order valence-electron chi connectivity index (χ1n) is 10.5. The van der Waals surface area contributed by atoms with Gasteiger partial charge in [0.2, 0.25) is 5.91 Å². The molecule has 3 rings (SSSR count). The van der Waals surface area contributed by atoms with Crippen molar-refractivity contribution in [3.8, 4) is 11.5 Å². The van der Waals surface area contributed by atoms with Crippen LogP contribution in [0.1, 0.15) is 0 Å². The van der Waals surface area contributed by atoms with E-state index in [2.05, 4.69) is 32.5 Å². The molecule has 1 heterocycles. The maximum Gasteiger partial charge on any atom is 0.247 e. The maximum atomic E-state index is 13.4. The minimum absolute atomic E-state index is 0.00543. The molecule has 0 aliphatic heterocycles. The zero-order valence-corrected chi connectivity index (χ0v) is 20.3. The highest BCUT2D eigenvalue weighted by atomic mass is 35.5. The molecule has 35 heavy (non-hydrogen) atoms. The summed E-state index contributed by atoms with van der Waals surface area (Å²) >= 11 is 5.85. The molecule has 3 N–H and O–H groups in total. The molecule has 2 aromatic carbocycles. The van der Waals surface area contributed by atoms with Crippen LogP contribution in [-0.2, 0) is 4.79 Å². The number of nitrogens with zero attached hydrogens (tertiary/aromatic N) is 3. The molecule has 3 aromatic rings. The summed E-state index contributed by atoms with van der Waals surface area (Å²) in [5.41, 5.74) is 1.53. The summed E-state index contributed by atoms with van der Waals surface area (Å²) in [5, 5.41) is 8.95. The Morgan fingerprint density at radius 2 is 1.86 bits per heavy atom. The Kier molecular flexibility index (Phi) is 8.82. The van der Waals surface area contributed by atoms with Crippen LogP contribution in [0.5, 0.6) is 11.5 Å². The van der Waals surface area contributed by atoms with E-state index < -0.39 is 5.82 Å². The molecular formula is C24H26ClFN6O3. The molecule has 11 heteroatoms. The van der Waals surface area contributed by atoms with Gasteiger partial charge >= 0.3 is 0 Å². The third-order valence-electron chi connectivity index (χ3n) is 4.66. The number of nitrogens with one attached hydrogen (secondary N) is 3. The fourth-order valence-electron chi connectivity index (χ4n) is 2.92. The summed E-state index contributed by atoms with van der Waals surface area (Å²) in [4.78, 5) is 22.4. The predicted octanol–water partition coefficient (Wildman–Crippen LogP) is 4.83. The number of carbonyl (C=O) groups excluding carboxylic acids is 1. The molecule has 1 aromatic heterocycles. The van der Waals surface area contributed by atoms with Crippen molar-refractivity contribution in [3.63, 3.8) is 0 Å². The molecule has 0 fully saturated rings. The highest BCUT2D eigenvalue weighted by Gasteiger charge is 2.15. The quantitative estimate of drug-likeness (QED) is 0.322. The molecule has 0 saturated carbocycles. The van der Waals surface area contributed by atoms with Gasteiger partial charge in [-0.2, -0.15) is 0 Å². The predicted molar refractivity (Wildman–Crippen MR) is 136 cm³/mol. The summed E-state index contributed by atoms with van der Waals surface area (Å²) in [6.07, 6.45) is 2.53. The van der Waals surface area contributed by atoms with E-state index in [1.54, 1.807) is 24.3 Å². The zero-order valence-electron chi connectivity index (χ0n) is 19.6. The van der Waals surface area contributed by atoms with Crippen LogP contribution >= 0.6 is 11.6 Å². The van der Waals surface area contributed by atoms with Crippen molar-refractivity contribution in [1.29, 1.82) is 0 Å². The summed E-state index contributed by atoms with van der Waals surface area (Å²) < 4.78 is 24.8. The number of hydrogen-bond donors (Lipinski definition) is 3. The number of benzene rings is 2. The number of likely N-dealkylation sites (N-methyl/N-ethyl adjacent to an activating group) is 1. The van der Waals surface area contributed by atoms with Gasteiger partial charge in [-0.15, -0.1) is 0 Å². The van der Waals surface area contributed by atoms with Crippen molar-refractivity contribution in [3.05, 3.63) is 66.2 Å². The third-order valence-corrected chi connectivity index (χ3v) is 4.95. The standard InChI is InChI=1S/C24H26ClFN6O3/c1-5-24(33)31-19-11-18(20(34-4)12-21(19)35-9-8-32(2)3)30-23-13-22(27-14-28-23)29-15-6-7-17(26)16(25)10-15/h5-7,10-14H,1,8-9H2,2-4H3,(H,31,33)(H2,27,28,29,30). The van der Waals surface area contributed by atoms with Crippen LogP contribution in [0.25, 0.3) is 0 Å². The topological polar surface area (TPSA) is 101 Å². The summed E-state index contributed by atoms with van der Waals surface area (Å²) in [6.45, 7) is 4.60. The van der Waals surface area contributed by atoms with E-state index in [0.29, 0.717) is 53.3 Å². The van der Waals surface area contributed by atoms with Crippen LogP contribution in [-0.4, -0.2) is 55.1 Å². The third kappa shape index (κ3) is 7.29. The minimum Gasteiger partial charge on any atom is -0.494 e. The van der Waals surface area contributed by atoms with Crippen LogP contribution < -0.4 is 25.4 Å². The Labute approximate surface area is 207 Å². The number of rotatable bonds is 11. The molecule has 0 radical (unpaired) electrons. The normalized spacial score (nSPS) is 10.6. The lowest BCUT2D eigenvalue weighted by Gasteiger charge is -2.18. The number of ether oxygens (including phenoxy) is 2. The molecule has 0 aliphatic rings. The largest absolute Gasteiger partial charge is 0.494 e. The van der Waals surface area contributed by atoms with Crippen molar-refractivity contribution < 1.29 is 18.7 Å². The van der Waals surface area contributed by atoms with E-state index in [1.165, 1.54) is 31.6 Å². The molecule has 0 aliphatic carbocycles. The number of anilines is 5. The number of halogens is 2. The molecular weight excluding hydrogens is 475 g/mol. The van der Waals surface area contributed by atoms with Crippen LogP contribution in [0.2, 0.25) is 5.02 Å². The molecule has 1 amide bonds. The lowest BCUT2D eigenvalue weighted by atomic mass is 10.2. The number of amides is 1. The van der Waals surface area contributed by atoms with Crippen LogP contribution in [0.15, 0.2) is 55.4 Å². The van der Waals surface area contributed by atoms with Crippen molar-refractivity contribution in [2.45, 2.75) is 0 Å². The van der Waals surface area contributed by atoms with Crippen LogP contribution in [0.3, 0.4) is 0 Å². The zero-order chi connectivity index (χ0) is 25.4. The Morgan fingerprint density at radius 3 is 2.51 bits per heavy atom. The highest BCUT2D eigenvalue weighted by Crippen LogP contribution is 2.38. The van der Waals surface area contributed by atoms with Gasteiger partial charge in [-0.25, -0.2) is 14.4 Å². The first kappa shape index (κ1) is 25.7. The summed E-state index contributed by atoms with van der Waals surface area (Å²) in [5.74, 6) is 0.916. The first-order chi connectivity index (χ1) is 16.8. The Morgan fingerprint density at radius 1 is 1.11 bits per heavy atom. The minimum atomic E-state index is -0.511. The SMILES string of the molecule is C=CC(=O)Nc1cc(Nc2cc(Nc3ccc(F)c(Cl)c3)ncn2)c(OC)cc1OCCN(C)C. The monoisotopic (exact) mass is 500 g/mol. The van der Waals surface area contributed by atoms with Gasteiger partial charge in [0.15, 0.2) is 0 Å². The van der Waals surface area contributed by atoms with Gasteiger partial charge in [-0.3, -0.25) is 4.79 Å². The first-order valence-corrected chi connectivity index (χ1v) is 10.9. The van der Waals surface area contributed by atoms with E-state index in [9.17, 15) is 9.18 Å². The summed E-state index contributed by atoms with van der Waals surface area (Å²) in [7, 11) is 5.40. The second-order valence-electron chi connectivity index (χ2n) is 7.56. The fourth-order valence-corrected chi connectivity index (χ4v) is 3.10. The Balaban J connectivity index is 1.87. The number of hydrogen-bond acceptors (Lipinski definition) is 8. The molecule has 9 nitrogen and oxygen atoms in total. The highest BCUT2D eigenvalue weighted by molar-refractivity contribution is 6.31. The molecule has 0 unspecified atom stereocenters. The molecule has 0 saturated heterocycles. The van der Waals surface area contributed by atoms with Gasteiger partial charge < -0.3 is 30.3 Å². The van der Waals surface area contributed by atoms with Gasteiger partial charge in [-0.05, 0) is 44.4 Å². The lowest BCUT2D eigenvalue weighted by molar-refractivity contribution is -0.111. The second-order valence-corrected chi connectivity index (χ2v) is 7.97. The van der Waals surface area contributed by atoms with E-state index in [-0.39, 0.29) is 10.9 Å². The van der Waals surface area contributed by atoms with Crippen molar-refractivity contribution in [2.75, 3.05) is 50.3 Å². The average Bonchev–Trinajstić information content (AvgIpc) is 2.82. The maximum absolute atomic E-state index is 13.4. The van der Waals surface area contributed by atoms with E-state index in [4.69, 9.17) is 21.1 Å². The van der Waals surface area contributed by atoms with Crippen LogP contribution in [0.4, 0.5) is 33.1 Å². The van der Waals surface area contributed by atoms with Crippen LogP contribution in [0, 0.1) is 5.82 Å². The Bertz CT molecular complexity index is 1210. The fraction of sp³-hybridized carbons (Fsp3) is 0.208. The number of aromatic nitrogens is 2. The lowest BCUT2D eigenvalue weighted by Crippen LogP contribution is -2.20. The van der Waals surface area contributed by atoms with Gasteiger partial charge in [0.05, 0.1) is 23.5 Å². The number of methoxy groups -OCH3 is 1. The van der Waals surface area contributed by atoms with E-state index >= 15 is 0 Å². The molecule has 184 valence electrons. The van der Waals surface area contributed by atoms with Crippen molar-refractivity contribution in [1.82, 2.24) is 14.9 Å². The molecule has 0 bridgehead atoms. The Hall–Kier alpha value is -3.89. The second kappa shape index (κ2) is 12.0. The molecule has 0 spiro atoms. The van der Waals surface area contributed by atoms with Gasteiger partial charge in [0.25, 0.3) is 0 Å². The van der Waals surface area contributed by atoms with Crippen molar-refractivity contribution in [2.24, 2.45) is 0 Å². The van der Waals surface area contributed by atoms with E-state index in [1.807, 2.05) is 19.0 Å². The van der Waals surface area contributed by atoms with E-state index in [0.717, 1.165) is 0 Å². The van der Waals surface area contributed by atoms with Gasteiger partial charge in [0.1, 0.15) is 41.9 Å². The smallest absolute Gasteiger partial charge is 0.247 e. The average molecular weight is 501 g/mol. The van der Waals surface area contributed by atoms with Gasteiger partial charge in [-0.1, -0.05) is 18.2 Å². The summed E-state index contributed by atoms with van der Waals surface area (Å²) in [6, 6.07) is 9.27. The van der Waals surface area contributed by atoms with Crippen molar-refractivity contribution >= 4 is 46.2 Å². The molecule has 0 atom stereocenters. The number of carbonyl (C=O) groups is 1. The van der Waals surface area contributed by atoms with Gasteiger partial charge in [0, 0.05) is 24.4 Å².